The molecule has 1 N–H and O–H groups in total. The lowest BCUT2D eigenvalue weighted by Gasteiger charge is -2.17. The van der Waals surface area contributed by atoms with Gasteiger partial charge in [-0.1, -0.05) is 0 Å². The largest absolute Gasteiger partial charge is 0.481 e. The van der Waals surface area contributed by atoms with E-state index in [1.807, 2.05) is 0 Å². The zero-order valence-electron chi connectivity index (χ0n) is 9.93. The van der Waals surface area contributed by atoms with E-state index in [0.29, 0.717) is 6.61 Å². The Morgan fingerprint density at radius 1 is 1.44 bits per heavy atom. The van der Waals surface area contributed by atoms with Crippen molar-refractivity contribution in [1.82, 2.24) is 0 Å². The first-order valence-corrected chi connectivity index (χ1v) is 7.47. The van der Waals surface area contributed by atoms with E-state index >= 15 is 0 Å². The number of hydrogen-bond acceptors (Lipinski definition) is 4. The topological polar surface area (TPSA) is 80.7 Å². The van der Waals surface area contributed by atoms with Gasteiger partial charge >= 0.3 is 5.97 Å². The summed E-state index contributed by atoms with van der Waals surface area (Å²) in [6, 6.07) is 0. The van der Waals surface area contributed by atoms with Crippen molar-refractivity contribution in [2.24, 2.45) is 5.92 Å². The predicted octanol–water partition coefficient (Wildman–Crippen LogP) is 2.00. The van der Waals surface area contributed by atoms with Crippen molar-refractivity contribution in [3.63, 3.8) is 0 Å². The molecular formula is C10H19O5P. The Morgan fingerprint density at radius 2 is 2.00 bits per heavy atom. The van der Waals surface area contributed by atoms with Gasteiger partial charge in [0.15, 0.2) is 0 Å². The fourth-order valence-corrected chi connectivity index (χ4v) is 3.19. The van der Waals surface area contributed by atoms with Crippen molar-refractivity contribution in [2.45, 2.75) is 26.7 Å². The van der Waals surface area contributed by atoms with Gasteiger partial charge in [-0.25, -0.2) is 0 Å². The summed E-state index contributed by atoms with van der Waals surface area (Å²) in [5, 5.41) is 8.93. The van der Waals surface area contributed by atoms with Crippen LogP contribution < -0.4 is 0 Å². The minimum atomic E-state index is -2.85. The second kappa shape index (κ2) is 6.81. The standard InChI is InChI=1S/C10H19O5P/c1-4-15-16(3,14)7-9(10(12)13)6-5-8(2)11/h9H,4-7H2,1-3H3,(H,12,13). The highest BCUT2D eigenvalue weighted by atomic mass is 31.2. The van der Waals surface area contributed by atoms with Crippen LogP contribution in [0, 0.1) is 5.92 Å². The third-order valence-electron chi connectivity index (χ3n) is 2.15. The first-order valence-electron chi connectivity index (χ1n) is 5.21. The summed E-state index contributed by atoms with van der Waals surface area (Å²) < 4.78 is 16.8. The molecule has 0 saturated heterocycles. The van der Waals surface area contributed by atoms with Gasteiger partial charge in [-0.15, -0.1) is 0 Å². The van der Waals surface area contributed by atoms with Crippen LogP contribution in [0.5, 0.6) is 0 Å². The van der Waals surface area contributed by atoms with Crippen LogP contribution in [0.25, 0.3) is 0 Å². The maximum absolute atomic E-state index is 11.8. The van der Waals surface area contributed by atoms with Gasteiger partial charge < -0.3 is 14.4 Å². The number of ketones is 1. The molecule has 0 saturated carbocycles. The van der Waals surface area contributed by atoms with Crippen LogP contribution in [0.4, 0.5) is 0 Å². The quantitative estimate of drug-likeness (QED) is 0.666. The maximum Gasteiger partial charge on any atom is 0.307 e. The van der Waals surface area contributed by atoms with Gasteiger partial charge in [0.2, 0.25) is 7.37 Å². The van der Waals surface area contributed by atoms with E-state index in [-0.39, 0.29) is 24.8 Å². The zero-order valence-corrected chi connectivity index (χ0v) is 10.8. The predicted molar refractivity (Wildman–Crippen MR) is 61.1 cm³/mol. The maximum atomic E-state index is 11.8. The lowest BCUT2D eigenvalue weighted by molar-refractivity contribution is -0.141. The Bertz CT molecular complexity index is 300. The van der Waals surface area contributed by atoms with E-state index in [9.17, 15) is 14.2 Å². The molecule has 2 atom stereocenters. The van der Waals surface area contributed by atoms with Crippen molar-refractivity contribution in [3.8, 4) is 0 Å². The summed E-state index contributed by atoms with van der Waals surface area (Å²) >= 11 is 0. The Morgan fingerprint density at radius 3 is 2.38 bits per heavy atom. The van der Waals surface area contributed by atoms with Crippen LogP contribution in [-0.2, 0) is 18.7 Å². The second-order valence-corrected chi connectivity index (χ2v) is 6.54. The van der Waals surface area contributed by atoms with E-state index < -0.39 is 19.3 Å². The molecule has 0 amide bonds. The molecule has 94 valence electrons. The Balaban J connectivity index is 4.39. The molecule has 0 bridgehead atoms. The lowest BCUT2D eigenvalue weighted by atomic mass is 10.0. The average Bonchev–Trinajstić information content (AvgIpc) is 2.11. The molecular weight excluding hydrogens is 231 g/mol. The van der Waals surface area contributed by atoms with E-state index in [2.05, 4.69) is 0 Å². The fraction of sp³-hybridized carbons (Fsp3) is 0.800. The summed E-state index contributed by atoms with van der Waals surface area (Å²) in [5.74, 6) is -1.86. The van der Waals surface area contributed by atoms with Crippen LogP contribution >= 0.6 is 7.37 Å². The van der Waals surface area contributed by atoms with Gasteiger partial charge in [-0.05, 0) is 20.3 Å². The number of carboxylic acids is 1. The van der Waals surface area contributed by atoms with E-state index in [0.717, 1.165) is 0 Å². The lowest BCUT2D eigenvalue weighted by Crippen LogP contribution is -2.19. The first kappa shape index (κ1) is 15.3. The number of carbonyl (C=O) groups is 2. The molecule has 0 fully saturated rings. The molecule has 5 nitrogen and oxygen atoms in total. The molecule has 0 rings (SSSR count). The van der Waals surface area contributed by atoms with Crippen LogP contribution in [0.1, 0.15) is 26.7 Å². The highest BCUT2D eigenvalue weighted by molar-refractivity contribution is 7.58. The number of carboxylic acid groups (broad SMARTS) is 1. The fourth-order valence-electron chi connectivity index (χ4n) is 1.40. The highest BCUT2D eigenvalue weighted by Gasteiger charge is 2.27. The van der Waals surface area contributed by atoms with Gasteiger partial charge in [0.1, 0.15) is 5.78 Å². The summed E-state index contributed by atoms with van der Waals surface area (Å²) in [6.07, 6.45) is 0.405. The minimum Gasteiger partial charge on any atom is -0.481 e. The van der Waals surface area contributed by atoms with Crippen molar-refractivity contribution in [2.75, 3.05) is 19.4 Å². The number of rotatable bonds is 8. The van der Waals surface area contributed by atoms with Gasteiger partial charge in [0, 0.05) is 19.2 Å². The normalized spacial score (nSPS) is 16.4. The molecule has 16 heavy (non-hydrogen) atoms. The average molecular weight is 250 g/mol. The number of hydrogen-bond donors (Lipinski definition) is 1. The number of carbonyl (C=O) groups excluding carboxylic acids is 1. The van der Waals surface area contributed by atoms with E-state index in [1.165, 1.54) is 13.6 Å². The van der Waals surface area contributed by atoms with Crippen molar-refractivity contribution in [1.29, 1.82) is 0 Å². The molecule has 0 spiro atoms. The van der Waals surface area contributed by atoms with Gasteiger partial charge in [0.25, 0.3) is 0 Å². The van der Waals surface area contributed by atoms with Crippen LogP contribution in [0.15, 0.2) is 0 Å². The minimum absolute atomic E-state index is 0.0105. The van der Waals surface area contributed by atoms with Crippen molar-refractivity contribution >= 4 is 19.1 Å². The molecule has 0 aliphatic rings. The molecule has 0 radical (unpaired) electrons. The SMILES string of the molecule is CCOP(C)(=O)CC(CCC(C)=O)C(=O)O. The van der Waals surface area contributed by atoms with Gasteiger partial charge in [0.05, 0.1) is 12.5 Å². The van der Waals surface area contributed by atoms with Gasteiger partial charge in [-0.2, -0.15) is 0 Å². The smallest absolute Gasteiger partial charge is 0.307 e. The van der Waals surface area contributed by atoms with Crippen LogP contribution in [-0.4, -0.2) is 36.3 Å². The molecule has 0 aliphatic carbocycles. The zero-order chi connectivity index (χ0) is 12.8. The summed E-state index contributed by atoms with van der Waals surface area (Å²) in [4.78, 5) is 21.7. The number of Topliss-reactive ketones (excluding diaryl/α,β-unsaturated/α-hetero) is 1. The van der Waals surface area contributed by atoms with Crippen LogP contribution in [0.3, 0.4) is 0 Å². The summed E-state index contributed by atoms with van der Waals surface area (Å²) in [7, 11) is -2.85. The summed E-state index contributed by atoms with van der Waals surface area (Å²) in [6.45, 7) is 4.85. The molecule has 0 aromatic heterocycles. The molecule has 2 unspecified atom stereocenters. The second-order valence-electron chi connectivity index (χ2n) is 3.89. The summed E-state index contributed by atoms with van der Waals surface area (Å²) in [5.41, 5.74) is 0. The monoisotopic (exact) mass is 250 g/mol. The third kappa shape index (κ3) is 6.75. The molecule has 0 heterocycles. The Hall–Kier alpha value is -0.670. The van der Waals surface area contributed by atoms with Crippen molar-refractivity contribution in [3.05, 3.63) is 0 Å². The molecule has 6 heteroatoms. The van der Waals surface area contributed by atoms with E-state index in [4.69, 9.17) is 9.63 Å². The molecule has 0 aromatic carbocycles. The first-order chi connectivity index (χ1) is 7.28. The molecule has 0 aliphatic heterocycles. The molecule has 0 aromatic rings. The Labute approximate surface area is 95.6 Å². The van der Waals surface area contributed by atoms with E-state index in [1.54, 1.807) is 6.92 Å². The Kier molecular flexibility index (Phi) is 6.53. The third-order valence-corrected chi connectivity index (χ3v) is 4.06. The van der Waals surface area contributed by atoms with Crippen molar-refractivity contribution < 1.29 is 23.8 Å². The van der Waals surface area contributed by atoms with Crippen LogP contribution in [0.2, 0.25) is 0 Å². The number of aliphatic carboxylic acids is 1. The van der Waals surface area contributed by atoms with Gasteiger partial charge in [-0.3, -0.25) is 9.36 Å². The highest BCUT2D eigenvalue weighted by Crippen LogP contribution is 2.44.